The van der Waals surface area contributed by atoms with Gasteiger partial charge in [0.1, 0.15) is 5.75 Å². The number of phenolic OH excluding ortho intramolecular Hbond substituents is 1. The molecule has 1 heterocycles. The summed E-state index contributed by atoms with van der Waals surface area (Å²) in [5, 5.41) is 12.9. The molecule has 1 saturated heterocycles. The fraction of sp³-hybridized carbons (Fsp3) is 0.417. The van der Waals surface area contributed by atoms with Crippen molar-refractivity contribution in [2.24, 2.45) is 0 Å². The Morgan fingerprint density at radius 3 is 3.00 bits per heavy atom. The van der Waals surface area contributed by atoms with Gasteiger partial charge >= 0.3 is 0 Å². The number of hydrogen-bond donors (Lipinski definition) is 2. The van der Waals surface area contributed by atoms with Crippen LogP contribution < -0.4 is 5.32 Å². The molecule has 1 aliphatic heterocycles. The van der Waals surface area contributed by atoms with Crippen molar-refractivity contribution < 1.29 is 14.6 Å². The zero-order chi connectivity index (χ0) is 12.5. The van der Waals surface area contributed by atoms with Gasteiger partial charge in [0, 0.05) is 11.6 Å². The highest BCUT2D eigenvalue weighted by Gasteiger charge is 2.32. The Hall–Kier alpha value is -1.26. The number of benzene rings is 1. The molecule has 0 radical (unpaired) electrons. The second kappa shape index (κ2) is 4.55. The van der Waals surface area contributed by atoms with Crippen molar-refractivity contribution in [2.45, 2.75) is 18.9 Å². The molecular formula is C12H14ClNO3. The Balaban J connectivity index is 2.17. The van der Waals surface area contributed by atoms with E-state index in [-0.39, 0.29) is 22.8 Å². The van der Waals surface area contributed by atoms with E-state index in [0.717, 1.165) is 6.42 Å². The van der Waals surface area contributed by atoms with Crippen LogP contribution in [0, 0.1) is 0 Å². The third-order valence-electron chi connectivity index (χ3n) is 2.84. The Kier molecular flexibility index (Phi) is 3.26. The van der Waals surface area contributed by atoms with Crippen LogP contribution in [-0.4, -0.2) is 29.8 Å². The quantitative estimate of drug-likeness (QED) is 0.849. The molecule has 17 heavy (non-hydrogen) atoms. The Morgan fingerprint density at radius 1 is 1.59 bits per heavy atom. The predicted molar refractivity (Wildman–Crippen MR) is 64.4 cm³/mol. The molecule has 1 aromatic carbocycles. The summed E-state index contributed by atoms with van der Waals surface area (Å²) in [6, 6.07) is 4.39. The first kappa shape index (κ1) is 12.2. The fourth-order valence-corrected chi connectivity index (χ4v) is 1.97. The molecule has 0 spiro atoms. The second-order valence-electron chi connectivity index (χ2n) is 4.48. The lowest BCUT2D eigenvalue weighted by Crippen LogP contribution is -2.46. The lowest BCUT2D eigenvalue weighted by Gasteiger charge is -2.23. The normalized spacial score (nSPS) is 23.6. The number of hydrogen-bond acceptors (Lipinski definition) is 3. The van der Waals surface area contributed by atoms with Gasteiger partial charge in [-0.2, -0.15) is 0 Å². The van der Waals surface area contributed by atoms with Crippen LogP contribution in [0.5, 0.6) is 5.75 Å². The fourth-order valence-electron chi connectivity index (χ4n) is 1.80. The Bertz CT molecular complexity index is 441. The van der Waals surface area contributed by atoms with Gasteiger partial charge in [-0.15, -0.1) is 0 Å². The van der Waals surface area contributed by atoms with Crippen LogP contribution in [-0.2, 0) is 4.74 Å². The summed E-state index contributed by atoms with van der Waals surface area (Å²) in [5.41, 5.74) is -0.183. The number of rotatable bonds is 2. The van der Waals surface area contributed by atoms with Gasteiger partial charge in [-0.1, -0.05) is 11.6 Å². The summed E-state index contributed by atoms with van der Waals surface area (Å²) in [6.07, 6.45) is 0.764. The van der Waals surface area contributed by atoms with Gasteiger partial charge < -0.3 is 15.2 Å². The number of carbonyl (C=O) groups is 1. The molecule has 1 unspecified atom stereocenters. The number of amides is 1. The molecule has 2 rings (SSSR count). The van der Waals surface area contributed by atoms with Gasteiger partial charge in [-0.25, -0.2) is 0 Å². The summed E-state index contributed by atoms with van der Waals surface area (Å²) in [5.74, 6) is -0.410. The number of nitrogens with one attached hydrogen (secondary N) is 1. The van der Waals surface area contributed by atoms with Crippen molar-refractivity contribution in [3.63, 3.8) is 0 Å². The lowest BCUT2D eigenvalue weighted by atomic mass is 10.0. The molecule has 2 N–H and O–H groups in total. The van der Waals surface area contributed by atoms with E-state index in [9.17, 15) is 9.90 Å². The SMILES string of the molecule is CC1(NC(=O)c2cc(Cl)ccc2O)CCOC1. The topological polar surface area (TPSA) is 58.6 Å². The summed E-state index contributed by atoms with van der Waals surface area (Å²) in [7, 11) is 0. The molecule has 92 valence electrons. The van der Waals surface area contributed by atoms with Gasteiger partial charge in [0.2, 0.25) is 0 Å². The van der Waals surface area contributed by atoms with Crippen LogP contribution >= 0.6 is 11.6 Å². The van der Waals surface area contributed by atoms with Gasteiger partial charge in [0.25, 0.3) is 5.91 Å². The molecule has 1 aliphatic rings. The van der Waals surface area contributed by atoms with E-state index in [1.807, 2.05) is 6.92 Å². The average molecular weight is 256 g/mol. The molecule has 0 bridgehead atoms. The first-order valence-corrected chi connectivity index (χ1v) is 5.77. The first-order valence-electron chi connectivity index (χ1n) is 5.39. The maximum Gasteiger partial charge on any atom is 0.255 e. The predicted octanol–water partition coefficient (Wildman–Crippen LogP) is 1.95. The van der Waals surface area contributed by atoms with Crippen molar-refractivity contribution in [3.8, 4) is 5.75 Å². The molecule has 0 saturated carbocycles. The van der Waals surface area contributed by atoms with E-state index in [2.05, 4.69) is 5.32 Å². The number of phenols is 1. The van der Waals surface area contributed by atoms with Crippen molar-refractivity contribution in [3.05, 3.63) is 28.8 Å². The highest BCUT2D eigenvalue weighted by molar-refractivity contribution is 6.31. The molecule has 0 aromatic heterocycles. The number of ether oxygens (including phenoxy) is 1. The zero-order valence-electron chi connectivity index (χ0n) is 9.50. The summed E-state index contributed by atoms with van der Waals surface area (Å²) in [6.45, 7) is 3.04. The van der Waals surface area contributed by atoms with Gasteiger partial charge in [-0.05, 0) is 31.5 Å². The van der Waals surface area contributed by atoms with E-state index >= 15 is 0 Å². The van der Waals surface area contributed by atoms with Crippen molar-refractivity contribution in [1.82, 2.24) is 5.32 Å². The third kappa shape index (κ3) is 2.70. The standard InChI is InChI=1S/C12H14ClNO3/c1-12(4-5-17-7-12)14-11(16)9-6-8(13)2-3-10(9)15/h2-3,6,15H,4-5,7H2,1H3,(H,14,16). The van der Waals surface area contributed by atoms with E-state index in [0.29, 0.717) is 18.2 Å². The first-order chi connectivity index (χ1) is 8.00. The van der Waals surface area contributed by atoms with Crippen LogP contribution in [0.3, 0.4) is 0 Å². The van der Waals surface area contributed by atoms with E-state index in [1.165, 1.54) is 18.2 Å². The van der Waals surface area contributed by atoms with Crippen molar-refractivity contribution in [1.29, 1.82) is 0 Å². The zero-order valence-corrected chi connectivity index (χ0v) is 10.3. The number of aromatic hydroxyl groups is 1. The minimum Gasteiger partial charge on any atom is -0.507 e. The molecule has 1 fully saturated rings. The Labute approximate surface area is 105 Å². The molecule has 1 atom stereocenters. The van der Waals surface area contributed by atoms with Crippen LogP contribution in [0.15, 0.2) is 18.2 Å². The number of halogens is 1. The molecule has 0 aliphatic carbocycles. The molecule has 5 heteroatoms. The largest absolute Gasteiger partial charge is 0.507 e. The van der Waals surface area contributed by atoms with Crippen LogP contribution in [0.2, 0.25) is 5.02 Å². The summed E-state index contributed by atoms with van der Waals surface area (Å²) < 4.78 is 5.25. The maximum absolute atomic E-state index is 12.0. The molecule has 4 nitrogen and oxygen atoms in total. The average Bonchev–Trinajstić information content (AvgIpc) is 2.68. The molecule has 1 amide bonds. The monoisotopic (exact) mass is 255 g/mol. The highest BCUT2D eigenvalue weighted by Crippen LogP contribution is 2.23. The summed E-state index contributed by atoms with van der Waals surface area (Å²) >= 11 is 5.80. The van der Waals surface area contributed by atoms with E-state index in [1.54, 1.807) is 0 Å². The Morgan fingerprint density at radius 2 is 2.35 bits per heavy atom. The van der Waals surface area contributed by atoms with E-state index < -0.39 is 0 Å². The van der Waals surface area contributed by atoms with Gasteiger partial charge in [0.05, 0.1) is 17.7 Å². The van der Waals surface area contributed by atoms with Crippen LogP contribution in [0.25, 0.3) is 0 Å². The highest BCUT2D eigenvalue weighted by atomic mass is 35.5. The van der Waals surface area contributed by atoms with Crippen molar-refractivity contribution >= 4 is 17.5 Å². The minimum absolute atomic E-state index is 0.0746. The van der Waals surface area contributed by atoms with Crippen LogP contribution in [0.4, 0.5) is 0 Å². The number of carbonyl (C=O) groups excluding carboxylic acids is 1. The second-order valence-corrected chi connectivity index (χ2v) is 4.92. The minimum atomic E-state index is -0.369. The molecular weight excluding hydrogens is 242 g/mol. The maximum atomic E-state index is 12.0. The van der Waals surface area contributed by atoms with Crippen LogP contribution in [0.1, 0.15) is 23.7 Å². The van der Waals surface area contributed by atoms with Gasteiger partial charge in [0.15, 0.2) is 0 Å². The molecule has 1 aromatic rings. The van der Waals surface area contributed by atoms with E-state index in [4.69, 9.17) is 16.3 Å². The smallest absolute Gasteiger partial charge is 0.255 e. The van der Waals surface area contributed by atoms with Crippen molar-refractivity contribution in [2.75, 3.05) is 13.2 Å². The summed E-state index contributed by atoms with van der Waals surface area (Å²) in [4.78, 5) is 12.0. The van der Waals surface area contributed by atoms with Gasteiger partial charge in [-0.3, -0.25) is 4.79 Å². The third-order valence-corrected chi connectivity index (χ3v) is 3.07. The lowest BCUT2D eigenvalue weighted by molar-refractivity contribution is 0.0887.